The summed E-state index contributed by atoms with van der Waals surface area (Å²) in [5, 5.41) is 11.9. The number of phenols is 1. The monoisotopic (exact) mass is 209 g/mol. The van der Waals surface area contributed by atoms with Crippen LogP contribution in [0.5, 0.6) is 5.75 Å². The van der Waals surface area contributed by atoms with Crippen molar-refractivity contribution in [1.29, 1.82) is 0 Å². The van der Waals surface area contributed by atoms with Crippen LogP contribution in [0.3, 0.4) is 0 Å². The fourth-order valence-electron chi connectivity index (χ4n) is 1.28. The van der Waals surface area contributed by atoms with E-state index in [0.717, 1.165) is 5.56 Å². The van der Waals surface area contributed by atoms with Crippen LogP contribution in [0.25, 0.3) is 0 Å². The second-order valence-corrected chi connectivity index (χ2v) is 3.23. The van der Waals surface area contributed by atoms with E-state index in [-0.39, 0.29) is 12.4 Å². The van der Waals surface area contributed by atoms with Gasteiger partial charge in [-0.25, -0.2) is 0 Å². The van der Waals surface area contributed by atoms with Gasteiger partial charge in [0.25, 0.3) is 0 Å². The van der Waals surface area contributed by atoms with Crippen molar-refractivity contribution in [3.05, 3.63) is 29.8 Å². The first-order valence-electron chi connectivity index (χ1n) is 4.64. The molecule has 0 bridgehead atoms. The molecule has 1 amide bonds. The highest BCUT2D eigenvalue weighted by Crippen LogP contribution is 2.11. The zero-order valence-electron chi connectivity index (χ0n) is 8.31. The molecule has 0 radical (unpaired) electrons. The van der Waals surface area contributed by atoms with Crippen LogP contribution in [0.1, 0.15) is 5.56 Å². The fourth-order valence-corrected chi connectivity index (χ4v) is 1.28. The number of rotatable bonds is 5. The van der Waals surface area contributed by atoms with Gasteiger partial charge in [-0.15, -0.1) is 0 Å². The van der Waals surface area contributed by atoms with E-state index in [0.29, 0.717) is 6.42 Å². The van der Waals surface area contributed by atoms with Crippen molar-refractivity contribution in [2.45, 2.75) is 12.5 Å². The van der Waals surface area contributed by atoms with Crippen LogP contribution in [-0.2, 0) is 11.2 Å². The molecule has 0 aromatic heterocycles. The minimum atomic E-state index is -0.473. The van der Waals surface area contributed by atoms with Gasteiger partial charge in [-0.1, -0.05) is 12.1 Å². The number of carbonyl (C=O) groups excluding carboxylic acids is 1. The Morgan fingerprint density at radius 3 is 2.47 bits per heavy atom. The number of phenolic OH excluding ortho intramolecular Hbond substituents is 1. The third kappa shape index (κ3) is 3.57. The first-order chi connectivity index (χ1) is 7.13. The molecular formula is C10H15N3O2. The summed E-state index contributed by atoms with van der Waals surface area (Å²) in [5.41, 5.74) is 11.4. The van der Waals surface area contributed by atoms with Crippen LogP contribution >= 0.6 is 0 Å². The number of nitrogens with one attached hydrogen (secondary N) is 1. The number of benzene rings is 1. The summed E-state index contributed by atoms with van der Waals surface area (Å²) < 4.78 is 0. The van der Waals surface area contributed by atoms with E-state index in [2.05, 4.69) is 5.32 Å². The van der Waals surface area contributed by atoms with Gasteiger partial charge in [-0.2, -0.15) is 0 Å². The molecule has 0 saturated carbocycles. The molecule has 0 spiro atoms. The summed E-state index contributed by atoms with van der Waals surface area (Å²) in [6.07, 6.45) is 0.465. The van der Waals surface area contributed by atoms with Gasteiger partial charge in [0, 0.05) is 6.67 Å². The molecule has 0 aliphatic heterocycles. The Balaban J connectivity index is 2.65. The summed E-state index contributed by atoms with van der Waals surface area (Å²) >= 11 is 0. The molecule has 15 heavy (non-hydrogen) atoms. The van der Waals surface area contributed by atoms with E-state index in [1.807, 2.05) is 0 Å². The molecule has 0 heterocycles. The molecule has 6 N–H and O–H groups in total. The van der Waals surface area contributed by atoms with Gasteiger partial charge in [-0.05, 0) is 24.1 Å². The van der Waals surface area contributed by atoms with E-state index in [4.69, 9.17) is 16.6 Å². The van der Waals surface area contributed by atoms with Crippen LogP contribution in [0.2, 0.25) is 0 Å². The zero-order valence-corrected chi connectivity index (χ0v) is 8.31. The molecule has 5 heteroatoms. The zero-order chi connectivity index (χ0) is 11.3. The third-order valence-corrected chi connectivity index (χ3v) is 2.08. The Kier molecular flexibility index (Phi) is 4.08. The SMILES string of the molecule is NCNC(Cc1ccc(O)cc1)C(N)=O. The van der Waals surface area contributed by atoms with E-state index in [9.17, 15) is 4.79 Å². The largest absolute Gasteiger partial charge is 0.508 e. The highest BCUT2D eigenvalue weighted by atomic mass is 16.3. The molecule has 1 aromatic carbocycles. The van der Waals surface area contributed by atoms with Crippen molar-refractivity contribution in [3.63, 3.8) is 0 Å². The number of primary amides is 1. The Hall–Kier alpha value is -1.59. The molecule has 0 aliphatic carbocycles. The molecule has 5 nitrogen and oxygen atoms in total. The van der Waals surface area contributed by atoms with Crippen molar-refractivity contribution in [2.75, 3.05) is 6.67 Å². The summed E-state index contributed by atoms with van der Waals surface area (Å²) in [6.45, 7) is 0.200. The lowest BCUT2D eigenvalue weighted by Crippen LogP contribution is -2.45. The van der Waals surface area contributed by atoms with Crippen LogP contribution < -0.4 is 16.8 Å². The lowest BCUT2D eigenvalue weighted by Gasteiger charge is -2.13. The topological polar surface area (TPSA) is 101 Å². The Morgan fingerprint density at radius 1 is 1.40 bits per heavy atom. The van der Waals surface area contributed by atoms with Gasteiger partial charge in [0.05, 0.1) is 6.04 Å². The first kappa shape index (κ1) is 11.5. The van der Waals surface area contributed by atoms with Crippen LogP contribution in [0, 0.1) is 0 Å². The number of aromatic hydroxyl groups is 1. The second kappa shape index (κ2) is 5.33. The number of hydrogen-bond donors (Lipinski definition) is 4. The minimum Gasteiger partial charge on any atom is -0.508 e. The average Bonchev–Trinajstić information content (AvgIpc) is 2.20. The highest BCUT2D eigenvalue weighted by Gasteiger charge is 2.13. The molecule has 1 aromatic rings. The number of hydrogen-bond acceptors (Lipinski definition) is 4. The average molecular weight is 209 g/mol. The van der Waals surface area contributed by atoms with Crippen molar-refractivity contribution in [3.8, 4) is 5.75 Å². The first-order valence-corrected chi connectivity index (χ1v) is 4.64. The lowest BCUT2D eigenvalue weighted by atomic mass is 10.1. The maximum absolute atomic E-state index is 11.0. The minimum absolute atomic E-state index is 0.196. The van der Waals surface area contributed by atoms with E-state index < -0.39 is 11.9 Å². The maximum Gasteiger partial charge on any atom is 0.234 e. The molecule has 1 rings (SSSR count). The summed E-state index contributed by atoms with van der Waals surface area (Å²) in [4.78, 5) is 11.0. The van der Waals surface area contributed by atoms with Gasteiger partial charge in [-0.3, -0.25) is 10.1 Å². The van der Waals surface area contributed by atoms with Gasteiger partial charge >= 0.3 is 0 Å². The molecule has 0 saturated heterocycles. The summed E-state index contributed by atoms with van der Waals surface area (Å²) in [5.74, 6) is -0.241. The maximum atomic E-state index is 11.0. The molecule has 1 unspecified atom stereocenters. The predicted octanol–water partition coefficient (Wildman–Crippen LogP) is -0.706. The second-order valence-electron chi connectivity index (χ2n) is 3.23. The Labute approximate surface area is 88.1 Å². The van der Waals surface area contributed by atoms with E-state index in [1.165, 1.54) is 0 Å². The quantitative estimate of drug-likeness (QED) is 0.481. The van der Waals surface area contributed by atoms with E-state index >= 15 is 0 Å². The Morgan fingerprint density at radius 2 is 2.00 bits per heavy atom. The smallest absolute Gasteiger partial charge is 0.234 e. The highest BCUT2D eigenvalue weighted by molar-refractivity contribution is 5.80. The lowest BCUT2D eigenvalue weighted by molar-refractivity contribution is -0.120. The molecule has 0 fully saturated rings. The standard InChI is InChI=1S/C10H15N3O2/c11-6-13-9(10(12)15)5-7-1-3-8(14)4-2-7/h1-4,9,13-14H,5-6,11H2,(H2,12,15). The van der Waals surface area contributed by atoms with Crippen LogP contribution in [0.15, 0.2) is 24.3 Å². The molecule has 0 aliphatic rings. The third-order valence-electron chi connectivity index (χ3n) is 2.08. The normalized spacial score (nSPS) is 12.3. The van der Waals surface area contributed by atoms with Crippen molar-refractivity contribution >= 4 is 5.91 Å². The summed E-state index contributed by atoms with van der Waals surface area (Å²) in [6, 6.07) is 6.14. The molecule has 82 valence electrons. The summed E-state index contributed by atoms with van der Waals surface area (Å²) in [7, 11) is 0. The van der Waals surface area contributed by atoms with Crippen LogP contribution in [0.4, 0.5) is 0 Å². The van der Waals surface area contributed by atoms with Crippen molar-refractivity contribution < 1.29 is 9.90 Å². The van der Waals surface area contributed by atoms with Gasteiger partial charge in [0.15, 0.2) is 0 Å². The molecule has 1 atom stereocenters. The predicted molar refractivity (Wildman–Crippen MR) is 57.0 cm³/mol. The van der Waals surface area contributed by atoms with Crippen LogP contribution in [-0.4, -0.2) is 23.7 Å². The molecular weight excluding hydrogens is 194 g/mol. The fraction of sp³-hybridized carbons (Fsp3) is 0.300. The number of carbonyl (C=O) groups is 1. The van der Waals surface area contributed by atoms with E-state index in [1.54, 1.807) is 24.3 Å². The number of nitrogens with two attached hydrogens (primary N) is 2. The van der Waals surface area contributed by atoms with Crippen molar-refractivity contribution in [2.24, 2.45) is 11.5 Å². The van der Waals surface area contributed by atoms with Crippen molar-refractivity contribution in [1.82, 2.24) is 5.32 Å². The Bertz CT molecular complexity index is 324. The number of amides is 1. The van der Waals surface area contributed by atoms with Gasteiger partial charge in [0.2, 0.25) is 5.91 Å². The van der Waals surface area contributed by atoms with Gasteiger partial charge < -0.3 is 16.6 Å². The van der Waals surface area contributed by atoms with Gasteiger partial charge in [0.1, 0.15) is 5.75 Å².